The van der Waals surface area contributed by atoms with Crippen molar-refractivity contribution in [1.29, 1.82) is 0 Å². The van der Waals surface area contributed by atoms with E-state index in [1.54, 1.807) is 23.9 Å². The van der Waals surface area contributed by atoms with E-state index in [2.05, 4.69) is 28.3 Å². The van der Waals surface area contributed by atoms with Crippen molar-refractivity contribution in [3.63, 3.8) is 0 Å². The largest absolute Gasteiger partial charge is 0.271 e. The molecule has 0 amide bonds. The van der Waals surface area contributed by atoms with Crippen LogP contribution in [0, 0.1) is 5.82 Å². The summed E-state index contributed by atoms with van der Waals surface area (Å²) in [5.41, 5.74) is 3.28. The lowest BCUT2D eigenvalue weighted by molar-refractivity contribution is 0.546. The molecule has 1 rings (SSSR count). The Morgan fingerprint density at radius 1 is 1.56 bits per heavy atom. The van der Waals surface area contributed by atoms with Gasteiger partial charge in [-0.05, 0) is 30.4 Å². The summed E-state index contributed by atoms with van der Waals surface area (Å²) in [4.78, 5) is 0. The zero-order valence-electron chi connectivity index (χ0n) is 9.17. The van der Waals surface area contributed by atoms with Crippen molar-refractivity contribution in [1.82, 2.24) is 5.43 Å². The summed E-state index contributed by atoms with van der Waals surface area (Å²) < 4.78 is 14.5. The number of benzene rings is 1. The Labute approximate surface area is 108 Å². The lowest BCUT2D eigenvalue weighted by Crippen LogP contribution is -2.30. The molecule has 2 nitrogen and oxygen atoms in total. The third kappa shape index (κ3) is 4.05. The number of nitrogens with one attached hydrogen (secondary N) is 1. The average molecular weight is 307 g/mol. The zero-order chi connectivity index (χ0) is 12.0. The lowest BCUT2D eigenvalue weighted by atomic mass is 10.1. The van der Waals surface area contributed by atoms with E-state index < -0.39 is 0 Å². The molecular formula is C11H16BrFN2S. The van der Waals surface area contributed by atoms with Crippen LogP contribution in [0.2, 0.25) is 0 Å². The normalized spacial score (nSPS) is 12.8. The van der Waals surface area contributed by atoms with Crippen LogP contribution in [0.5, 0.6) is 0 Å². The second-order valence-corrected chi connectivity index (χ2v) is 5.53. The van der Waals surface area contributed by atoms with Gasteiger partial charge in [0.25, 0.3) is 0 Å². The fourth-order valence-corrected chi connectivity index (χ4v) is 2.70. The van der Waals surface area contributed by atoms with Crippen molar-refractivity contribution in [3.05, 3.63) is 34.1 Å². The van der Waals surface area contributed by atoms with Gasteiger partial charge in [-0.1, -0.05) is 22.9 Å². The van der Waals surface area contributed by atoms with E-state index in [4.69, 9.17) is 5.84 Å². The van der Waals surface area contributed by atoms with Gasteiger partial charge in [-0.15, -0.1) is 0 Å². The van der Waals surface area contributed by atoms with Crippen LogP contribution in [0.25, 0.3) is 0 Å². The fourth-order valence-electron chi connectivity index (χ4n) is 1.35. The van der Waals surface area contributed by atoms with E-state index in [0.717, 1.165) is 22.4 Å². The number of halogens is 2. The predicted molar refractivity (Wildman–Crippen MR) is 71.8 cm³/mol. The minimum atomic E-state index is -0.219. The molecule has 0 aliphatic heterocycles. The molecule has 16 heavy (non-hydrogen) atoms. The van der Waals surface area contributed by atoms with Crippen LogP contribution in [0.1, 0.15) is 24.9 Å². The van der Waals surface area contributed by atoms with Gasteiger partial charge >= 0.3 is 0 Å². The molecular weight excluding hydrogens is 291 g/mol. The van der Waals surface area contributed by atoms with Gasteiger partial charge in [-0.2, -0.15) is 11.8 Å². The first-order valence-corrected chi connectivity index (χ1v) is 7.12. The maximum absolute atomic E-state index is 13.6. The molecule has 0 saturated carbocycles. The molecule has 1 aromatic carbocycles. The number of hydrogen-bond donors (Lipinski definition) is 2. The molecule has 0 aliphatic rings. The van der Waals surface area contributed by atoms with Gasteiger partial charge in [0.2, 0.25) is 0 Å². The monoisotopic (exact) mass is 306 g/mol. The Hall–Kier alpha value is -0.100. The van der Waals surface area contributed by atoms with E-state index in [-0.39, 0.29) is 11.9 Å². The van der Waals surface area contributed by atoms with Crippen molar-refractivity contribution in [2.75, 3.05) is 11.5 Å². The smallest absolute Gasteiger partial charge is 0.128 e. The summed E-state index contributed by atoms with van der Waals surface area (Å²) in [7, 11) is 0. The van der Waals surface area contributed by atoms with Gasteiger partial charge in [-0.25, -0.2) is 4.39 Å². The standard InChI is InChI=1S/C11H16BrFN2S/c1-2-5-16-7-11(15-14)9-6-8(12)3-4-10(9)13/h3-4,6,11,15H,2,5,7,14H2,1H3. The van der Waals surface area contributed by atoms with Gasteiger partial charge in [0.15, 0.2) is 0 Å². The van der Waals surface area contributed by atoms with Gasteiger partial charge < -0.3 is 0 Å². The highest BCUT2D eigenvalue weighted by atomic mass is 79.9. The second-order valence-electron chi connectivity index (χ2n) is 3.46. The first kappa shape index (κ1) is 14.0. The molecule has 0 aliphatic carbocycles. The van der Waals surface area contributed by atoms with Crippen molar-refractivity contribution in [2.45, 2.75) is 19.4 Å². The Kier molecular flexibility index (Phi) is 6.34. The first-order chi connectivity index (χ1) is 7.69. The summed E-state index contributed by atoms with van der Waals surface area (Å²) in [5, 5.41) is 0. The summed E-state index contributed by atoms with van der Waals surface area (Å²) >= 11 is 5.10. The molecule has 0 fully saturated rings. The summed E-state index contributed by atoms with van der Waals surface area (Å²) in [5.74, 6) is 7.08. The number of hydrogen-bond acceptors (Lipinski definition) is 3. The van der Waals surface area contributed by atoms with E-state index in [9.17, 15) is 4.39 Å². The summed E-state index contributed by atoms with van der Waals surface area (Å²) in [6.07, 6.45) is 1.11. The van der Waals surface area contributed by atoms with Crippen molar-refractivity contribution in [3.8, 4) is 0 Å². The molecule has 0 saturated heterocycles. The van der Waals surface area contributed by atoms with Crippen LogP contribution in [-0.2, 0) is 0 Å². The van der Waals surface area contributed by atoms with E-state index in [1.807, 2.05) is 0 Å². The molecule has 5 heteroatoms. The third-order valence-corrected chi connectivity index (χ3v) is 3.93. The van der Waals surface area contributed by atoms with Crippen molar-refractivity contribution < 1.29 is 4.39 Å². The minimum Gasteiger partial charge on any atom is -0.271 e. The number of thioether (sulfide) groups is 1. The number of hydrazine groups is 1. The number of nitrogens with two attached hydrogens (primary N) is 1. The molecule has 0 aromatic heterocycles. The molecule has 0 spiro atoms. The Balaban J connectivity index is 2.73. The van der Waals surface area contributed by atoms with Gasteiger partial charge in [0.05, 0.1) is 6.04 Å². The van der Waals surface area contributed by atoms with Crippen LogP contribution in [0.3, 0.4) is 0 Å². The maximum atomic E-state index is 13.6. The molecule has 1 unspecified atom stereocenters. The Morgan fingerprint density at radius 2 is 2.31 bits per heavy atom. The maximum Gasteiger partial charge on any atom is 0.128 e. The molecule has 1 aromatic rings. The van der Waals surface area contributed by atoms with E-state index in [0.29, 0.717) is 5.56 Å². The average Bonchev–Trinajstić information content (AvgIpc) is 2.28. The zero-order valence-corrected chi connectivity index (χ0v) is 11.6. The van der Waals surface area contributed by atoms with Crippen LogP contribution in [0.4, 0.5) is 4.39 Å². The summed E-state index contributed by atoms with van der Waals surface area (Å²) in [6, 6.07) is 4.76. The fraction of sp³-hybridized carbons (Fsp3) is 0.455. The highest BCUT2D eigenvalue weighted by molar-refractivity contribution is 9.10. The summed E-state index contributed by atoms with van der Waals surface area (Å²) in [6.45, 7) is 2.12. The molecule has 90 valence electrons. The van der Waals surface area contributed by atoms with Gasteiger partial charge in [0.1, 0.15) is 5.82 Å². The van der Waals surface area contributed by atoms with Crippen molar-refractivity contribution in [2.24, 2.45) is 5.84 Å². The Bertz CT molecular complexity index is 336. The molecule has 0 radical (unpaired) electrons. The highest BCUT2D eigenvalue weighted by Gasteiger charge is 2.14. The molecule has 3 N–H and O–H groups in total. The van der Waals surface area contributed by atoms with E-state index >= 15 is 0 Å². The first-order valence-electron chi connectivity index (χ1n) is 5.17. The minimum absolute atomic E-state index is 0.144. The highest BCUT2D eigenvalue weighted by Crippen LogP contribution is 2.24. The Morgan fingerprint density at radius 3 is 2.94 bits per heavy atom. The lowest BCUT2D eigenvalue weighted by Gasteiger charge is -2.16. The van der Waals surface area contributed by atoms with E-state index in [1.165, 1.54) is 6.07 Å². The molecule has 1 atom stereocenters. The quantitative estimate of drug-likeness (QED) is 0.481. The molecule has 0 heterocycles. The van der Waals surface area contributed by atoms with Crippen LogP contribution in [-0.4, -0.2) is 11.5 Å². The second kappa shape index (κ2) is 7.27. The van der Waals surface area contributed by atoms with Gasteiger partial charge in [0, 0.05) is 15.8 Å². The van der Waals surface area contributed by atoms with Crippen LogP contribution < -0.4 is 11.3 Å². The third-order valence-electron chi connectivity index (χ3n) is 2.17. The molecule has 0 bridgehead atoms. The topological polar surface area (TPSA) is 38.0 Å². The SMILES string of the molecule is CCCSCC(NN)c1cc(Br)ccc1F. The van der Waals surface area contributed by atoms with Crippen molar-refractivity contribution >= 4 is 27.7 Å². The number of rotatable bonds is 6. The van der Waals surface area contributed by atoms with Crippen LogP contribution in [0.15, 0.2) is 22.7 Å². The van der Waals surface area contributed by atoms with Crippen LogP contribution >= 0.6 is 27.7 Å². The van der Waals surface area contributed by atoms with Gasteiger partial charge in [-0.3, -0.25) is 11.3 Å². The predicted octanol–water partition coefficient (Wildman–Crippen LogP) is 3.24.